The summed E-state index contributed by atoms with van der Waals surface area (Å²) in [4.78, 5) is 2.42. The zero-order valence-electron chi connectivity index (χ0n) is 12.1. The van der Waals surface area contributed by atoms with Crippen LogP contribution in [0.2, 0.25) is 0 Å². The van der Waals surface area contributed by atoms with E-state index in [0.29, 0.717) is 24.9 Å². The molecule has 0 aliphatic carbocycles. The highest BCUT2D eigenvalue weighted by Crippen LogP contribution is 2.22. The van der Waals surface area contributed by atoms with Gasteiger partial charge in [0.15, 0.2) is 0 Å². The van der Waals surface area contributed by atoms with Gasteiger partial charge in [0.2, 0.25) is 10.0 Å². The molecule has 0 bridgehead atoms. The molecule has 3 unspecified atom stereocenters. The molecule has 2 aliphatic heterocycles. The Bertz CT molecular complexity index is 399. The standard InChI is InChI=1S/C13H27N3O2S/c1-11-5-7-15(10-13(11)14)8-12-4-3-6-16(9-12)19(2,17)18/h11-13H,3-10,14H2,1-2H3. The minimum Gasteiger partial charge on any atom is -0.326 e. The summed E-state index contributed by atoms with van der Waals surface area (Å²) in [6, 6.07) is 0.267. The van der Waals surface area contributed by atoms with E-state index in [1.807, 2.05) is 0 Å². The number of sulfonamides is 1. The van der Waals surface area contributed by atoms with Crippen LogP contribution < -0.4 is 5.73 Å². The maximum Gasteiger partial charge on any atom is 0.211 e. The molecule has 6 heteroatoms. The van der Waals surface area contributed by atoms with Gasteiger partial charge >= 0.3 is 0 Å². The summed E-state index contributed by atoms with van der Waals surface area (Å²) in [6.07, 6.45) is 4.58. The van der Waals surface area contributed by atoms with E-state index in [4.69, 9.17) is 5.73 Å². The van der Waals surface area contributed by atoms with Gasteiger partial charge in [-0.3, -0.25) is 0 Å². The summed E-state index contributed by atoms with van der Waals surface area (Å²) in [5.41, 5.74) is 6.12. The molecule has 2 aliphatic rings. The Kier molecular flexibility index (Phi) is 4.87. The third kappa shape index (κ3) is 4.15. The predicted molar refractivity (Wildman–Crippen MR) is 77.3 cm³/mol. The number of piperidine rings is 2. The Labute approximate surface area is 117 Å². The van der Waals surface area contributed by atoms with Crippen LogP contribution in [0.15, 0.2) is 0 Å². The number of hydrogen-bond donors (Lipinski definition) is 1. The second kappa shape index (κ2) is 6.08. The van der Waals surface area contributed by atoms with Crippen molar-refractivity contribution in [2.45, 2.75) is 32.2 Å². The smallest absolute Gasteiger partial charge is 0.211 e. The Morgan fingerprint density at radius 2 is 1.95 bits per heavy atom. The molecule has 2 rings (SSSR count). The van der Waals surface area contributed by atoms with Gasteiger partial charge in [0.1, 0.15) is 0 Å². The third-order valence-corrected chi connectivity index (χ3v) is 5.84. The van der Waals surface area contributed by atoms with Crippen molar-refractivity contribution in [3.05, 3.63) is 0 Å². The van der Waals surface area contributed by atoms with Gasteiger partial charge in [-0.15, -0.1) is 0 Å². The fraction of sp³-hybridized carbons (Fsp3) is 1.00. The summed E-state index contributed by atoms with van der Waals surface area (Å²) >= 11 is 0. The lowest BCUT2D eigenvalue weighted by molar-refractivity contribution is 0.126. The molecule has 5 nitrogen and oxygen atoms in total. The summed E-state index contributed by atoms with van der Waals surface area (Å²) in [5.74, 6) is 1.07. The van der Waals surface area contributed by atoms with Gasteiger partial charge in [0.05, 0.1) is 6.26 Å². The fourth-order valence-corrected chi connectivity index (χ4v) is 4.12. The van der Waals surface area contributed by atoms with Gasteiger partial charge in [0, 0.05) is 32.2 Å². The van der Waals surface area contributed by atoms with Gasteiger partial charge in [-0.05, 0) is 37.6 Å². The predicted octanol–water partition coefficient (Wildman–Crippen LogP) is 0.327. The molecule has 3 atom stereocenters. The molecule has 2 heterocycles. The lowest BCUT2D eigenvalue weighted by Gasteiger charge is -2.39. The Morgan fingerprint density at radius 3 is 2.58 bits per heavy atom. The molecule has 112 valence electrons. The number of rotatable bonds is 3. The highest BCUT2D eigenvalue weighted by atomic mass is 32.2. The van der Waals surface area contributed by atoms with Crippen LogP contribution in [-0.2, 0) is 10.0 Å². The first-order valence-corrected chi connectivity index (χ1v) is 9.14. The van der Waals surface area contributed by atoms with E-state index in [1.54, 1.807) is 4.31 Å². The lowest BCUT2D eigenvalue weighted by Crippen LogP contribution is -2.50. The fourth-order valence-electron chi connectivity index (χ4n) is 3.18. The van der Waals surface area contributed by atoms with E-state index in [-0.39, 0.29) is 6.04 Å². The number of likely N-dealkylation sites (tertiary alicyclic amines) is 1. The van der Waals surface area contributed by atoms with Crippen LogP contribution in [-0.4, -0.2) is 62.6 Å². The average Bonchev–Trinajstić information content (AvgIpc) is 2.33. The van der Waals surface area contributed by atoms with Crippen molar-refractivity contribution in [3.8, 4) is 0 Å². The first-order chi connectivity index (χ1) is 8.86. The number of nitrogens with zero attached hydrogens (tertiary/aromatic N) is 2. The zero-order valence-corrected chi connectivity index (χ0v) is 12.9. The SMILES string of the molecule is CC1CCN(CC2CCCN(S(C)(=O)=O)C2)CC1N. The van der Waals surface area contributed by atoms with Gasteiger partial charge in [0.25, 0.3) is 0 Å². The van der Waals surface area contributed by atoms with Crippen molar-refractivity contribution >= 4 is 10.0 Å². The molecule has 0 aromatic carbocycles. The minimum absolute atomic E-state index is 0.267. The lowest BCUT2D eigenvalue weighted by atomic mass is 9.92. The molecule has 0 spiro atoms. The summed E-state index contributed by atoms with van der Waals surface area (Å²) in [5, 5.41) is 0. The highest BCUT2D eigenvalue weighted by molar-refractivity contribution is 7.88. The van der Waals surface area contributed by atoms with Crippen LogP contribution >= 0.6 is 0 Å². The molecule has 0 amide bonds. The first kappa shape index (κ1) is 15.2. The quantitative estimate of drug-likeness (QED) is 0.813. The average molecular weight is 289 g/mol. The molecule has 2 saturated heterocycles. The van der Waals surface area contributed by atoms with Crippen molar-refractivity contribution in [2.75, 3.05) is 39.0 Å². The van der Waals surface area contributed by atoms with Gasteiger partial charge in [-0.25, -0.2) is 12.7 Å². The normalized spacial score (nSPS) is 35.4. The van der Waals surface area contributed by atoms with E-state index in [9.17, 15) is 8.42 Å². The van der Waals surface area contributed by atoms with E-state index in [1.165, 1.54) is 6.26 Å². The van der Waals surface area contributed by atoms with Crippen LogP contribution in [0.5, 0.6) is 0 Å². The molecule has 19 heavy (non-hydrogen) atoms. The molecule has 2 fully saturated rings. The minimum atomic E-state index is -3.03. The van der Waals surface area contributed by atoms with E-state index >= 15 is 0 Å². The molecule has 0 aromatic heterocycles. The largest absolute Gasteiger partial charge is 0.326 e. The maximum atomic E-state index is 11.6. The van der Waals surface area contributed by atoms with E-state index < -0.39 is 10.0 Å². The second-order valence-electron chi connectivity index (χ2n) is 6.32. The Morgan fingerprint density at radius 1 is 1.21 bits per heavy atom. The number of nitrogens with two attached hydrogens (primary N) is 1. The van der Waals surface area contributed by atoms with Crippen LogP contribution in [0.4, 0.5) is 0 Å². The zero-order chi connectivity index (χ0) is 14.0. The Hall–Kier alpha value is -0.170. The molecule has 0 saturated carbocycles. The van der Waals surface area contributed by atoms with Crippen LogP contribution in [0, 0.1) is 11.8 Å². The molecular weight excluding hydrogens is 262 g/mol. The highest BCUT2D eigenvalue weighted by Gasteiger charge is 2.29. The molecule has 0 radical (unpaired) electrons. The third-order valence-electron chi connectivity index (χ3n) is 4.57. The monoisotopic (exact) mass is 289 g/mol. The van der Waals surface area contributed by atoms with Crippen molar-refractivity contribution < 1.29 is 8.42 Å². The Balaban J connectivity index is 1.86. The van der Waals surface area contributed by atoms with Gasteiger partial charge in [-0.1, -0.05) is 6.92 Å². The topological polar surface area (TPSA) is 66.6 Å². The van der Waals surface area contributed by atoms with Crippen molar-refractivity contribution in [2.24, 2.45) is 17.6 Å². The second-order valence-corrected chi connectivity index (χ2v) is 8.30. The number of hydrogen-bond acceptors (Lipinski definition) is 4. The maximum absolute atomic E-state index is 11.6. The van der Waals surface area contributed by atoms with Gasteiger partial charge in [-0.2, -0.15) is 0 Å². The summed E-state index contributed by atoms with van der Waals surface area (Å²) in [7, 11) is -3.03. The van der Waals surface area contributed by atoms with Gasteiger partial charge < -0.3 is 10.6 Å². The molecule has 2 N–H and O–H groups in total. The van der Waals surface area contributed by atoms with Crippen LogP contribution in [0.3, 0.4) is 0 Å². The van der Waals surface area contributed by atoms with Crippen molar-refractivity contribution in [1.29, 1.82) is 0 Å². The summed E-state index contributed by atoms with van der Waals surface area (Å²) in [6.45, 7) is 6.63. The van der Waals surface area contributed by atoms with E-state index in [2.05, 4.69) is 11.8 Å². The molecule has 0 aromatic rings. The molecular formula is C13H27N3O2S. The van der Waals surface area contributed by atoms with Crippen molar-refractivity contribution in [1.82, 2.24) is 9.21 Å². The summed E-state index contributed by atoms with van der Waals surface area (Å²) < 4.78 is 24.9. The first-order valence-electron chi connectivity index (χ1n) is 7.29. The van der Waals surface area contributed by atoms with Crippen molar-refractivity contribution in [3.63, 3.8) is 0 Å². The van der Waals surface area contributed by atoms with Crippen LogP contribution in [0.1, 0.15) is 26.2 Å². The van der Waals surface area contributed by atoms with Crippen LogP contribution in [0.25, 0.3) is 0 Å². The van der Waals surface area contributed by atoms with E-state index in [0.717, 1.165) is 38.9 Å².